The summed E-state index contributed by atoms with van der Waals surface area (Å²) in [5.74, 6) is -0.400. The highest BCUT2D eigenvalue weighted by atomic mass is 16.6. The van der Waals surface area contributed by atoms with Crippen LogP contribution in [0.5, 0.6) is 0 Å². The van der Waals surface area contributed by atoms with Crippen molar-refractivity contribution in [2.45, 2.75) is 19.4 Å². The number of carbonyl (C=O) groups is 1. The van der Waals surface area contributed by atoms with E-state index in [2.05, 4.69) is 5.32 Å². The van der Waals surface area contributed by atoms with Crippen molar-refractivity contribution in [3.63, 3.8) is 0 Å². The molecule has 0 fully saturated rings. The lowest BCUT2D eigenvalue weighted by Gasteiger charge is -2.14. The molecule has 1 unspecified atom stereocenters. The number of hydrogen-bond donors (Lipinski definition) is 1. The van der Waals surface area contributed by atoms with Crippen molar-refractivity contribution in [3.8, 4) is 0 Å². The van der Waals surface area contributed by atoms with Crippen LogP contribution in [0.4, 0.5) is 11.4 Å². The first kappa shape index (κ1) is 17.1. The number of nitrogens with one attached hydrogen (secondary N) is 1. The second-order valence-electron chi connectivity index (χ2n) is 5.20. The lowest BCUT2D eigenvalue weighted by molar-refractivity contribution is -0.394. The van der Waals surface area contributed by atoms with Crippen LogP contribution >= 0.6 is 0 Å². The number of rotatable bonds is 6. The Morgan fingerprint density at radius 3 is 2.33 bits per heavy atom. The van der Waals surface area contributed by atoms with E-state index < -0.39 is 21.4 Å². The second kappa shape index (κ2) is 7.32. The summed E-state index contributed by atoms with van der Waals surface area (Å²) in [6.07, 6.45) is -0.231. The molecular weight excluding hydrogens is 314 g/mol. The van der Waals surface area contributed by atoms with Gasteiger partial charge in [0.15, 0.2) is 0 Å². The first-order valence-electron chi connectivity index (χ1n) is 7.14. The molecule has 8 nitrogen and oxygen atoms in total. The van der Waals surface area contributed by atoms with Crippen molar-refractivity contribution in [1.82, 2.24) is 5.32 Å². The van der Waals surface area contributed by atoms with Crippen molar-refractivity contribution in [2.75, 3.05) is 0 Å². The Morgan fingerprint density at radius 2 is 1.75 bits per heavy atom. The van der Waals surface area contributed by atoms with Crippen LogP contribution in [0.25, 0.3) is 0 Å². The fourth-order valence-electron chi connectivity index (χ4n) is 2.28. The SMILES string of the molecule is CC(NC(=O)Cc1ccc([N+](=O)[O-])cc1[N+](=O)[O-])c1ccccc1. The van der Waals surface area contributed by atoms with Gasteiger partial charge in [-0.2, -0.15) is 0 Å². The van der Waals surface area contributed by atoms with Crippen molar-refractivity contribution in [2.24, 2.45) is 0 Å². The Balaban J connectivity index is 2.14. The number of carbonyl (C=O) groups excluding carboxylic acids is 1. The molecule has 0 aliphatic heterocycles. The van der Waals surface area contributed by atoms with Crippen LogP contribution in [0.3, 0.4) is 0 Å². The normalized spacial score (nSPS) is 11.5. The monoisotopic (exact) mass is 329 g/mol. The van der Waals surface area contributed by atoms with E-state index in [1.54, 1.807) is 6.92 Å². The fraction of sp³-hybridized carbons (Fsp3) is 0.188. The van der Waals surface area contributed by atoms with Crippen molar-refractivity contribution in [3.05, 3.63) is 79.9 Å². The molecule has 0 radical (unpaired) electrons. The Hall–Kier alpha value is -3.29. The molecule has 1 atom stereocenters. The number of hydrogen-bond acceptors (Lipinski definition) is 5. The molecular formula is C16H15N3O5. The topological polar surface area (TPSA) is 115 Å². The highest BCUT2D eigenvalue weighted by molar-refractivity contribution is 5.80. The van der Waals surface area contributed by atoms with Crippen LogP contribution in [0.15, 0.2) is 48.5 Å². The summed E-state index contributed by atoms with van der Waals surface area (Å²) in [5.41, 5.74) is 0.211. The lowest BCUT2D eigenvalue weighted by atomic mass is 10.1. The minimum Gasteiger partial charge on any atom is -0.349 e. The van der Waals surface area contributed by atoms with Gasteiger partial charge in [0.25, 0.3) is 11.4 Å². The predicted octanol–water partition coefficient (Wildman–Crippen LogP) is 2.92. The zero-order chi connectivity index (χ0) is 17.7. The first-order chi connectivity index (χ1) is 11.4. The standard InChI is InChI=1S/C16H15N3O5/c1-11(12-5-3-2-4-6-12)17-16(20)9-13-7-8-14(18(21)22)10-15(13)19(23)24/h2-8,10-11H,9H2,1H3,(H,17,20). The molecule has 1 amide bonds. The highest BCUT2D eigenvalue weighted by Gasteiger charge is 2.21. The molecule has 0 heterocycles. The van der Waals surface area contributed by atoms with Gasteiger partial charge in [0.1, 0.15) is 0 Å². The van der Waals surface area contributed by atoms with Gasteiger partial charge in [-0.15, -0.1) is 0 Å². The molecule has 0 bridgehead atoms. The number of non-ortho nitro benzene ring substituents is 1. The van der Waals surface area contributed by atoms with E-state index in [-0.39, 0.29) is 23.7 Å². The molecule has 0 aromatic heterocycles. The van der Waals surface area contributed by atoms with E-state index >= 15 is 0 Å². The Labute approximate surface area is 137 Å². The maximum Gasteiger partial charge on any atom is 0.279 e. The van der Waals surface area contributed by atoms with Gasteiger partial charge in [0.2, 0.25) is 5.91 Å². The van der Waals surface area contributed by atoms with Crippen LogP contribution < -0.4 is 5.32 Å². The average Bonchev–Trinajstić information content (AvgIpc) is 2.55. The molecule has 2 aromatic rings. The molecule has 0 spiro atoms. The maximum atomic E-state index is 12.1. The number of nitrogens with zero attached hydrogens (tertiary/aromatic N) is 2. The van der Waals surface area contributed by atoms with Crippen LogP contribution in [0.1, 0.15) is 24.1 Å². The van der Waals surface area contributed by atoms with Gasteiger partial charge in [0, 0.05) is 11.6 Å². The van der Waals surface area contributed by atoms with Gasteiger partial charge >= 0.3 is 0 Å². The first-order valence-corrected chi connectivity index (χ1v) is 7.14. The third-order valence-electron chi connectivity index (χ3n) is 3.50. The largest absolute Gasteiger partial charge is 0.349 e. The predicted molar refractivity (Wildman–Crippen MR) is 86.5 cm³/mol. The van der Waals surface area contributed by atoms with Crippen molar-refractivity contribution < 1.29 is 14.6 Å². The summed E-state index contributed by atoms with van der Waals surface area (Å²) >= 11 is 0. The van der Waals surface area contributed by atoms with Gasteiger partial charge in [-0.1, -0.05) is 30.3 Å². The molecule has 0 saturated carbocycles. The van der Waals surface area contributed by atoms with Gasteiger partial charge in [-0.3, -0.25) is 25.0 Å². The van der Waals surface area contributed by atoms with Crippen LogP contribution in [0, 0.1) is 20.2 Å². The fourth-order valence-corrected chi connectivity index (χ4v) is 2.28. The highest BCUT2D eigenvalue weighted by Crippen LogP contribution is 2.25. The lowest BCUT2D eigenvalue weighted by Crippen LogP contribution is -2.28. The van der Waals surface area contributed by atoms with E-state index in [9.17, 15) is 25.0 Å². The third-order valence-corrected chi connectivity index (χ3v) is 3.50. The Kier molecular flexibility index (Phi) is 5.20. The third kappa shape index (κ3) is 4.13. The van der Waals surface area contributed by atoms with Gasteiger partial charge in [0.05, 0.1) is 28.4 Å². The summed E-state index contributed by atoms with van der Waals surface area (Å²) in [6.45, 7) is 1.80. The maximum absolute atomic E-state index is 12.1. The number of benzene rings is 2. The number of nitro benzene ring substituents is 2. The summed E-state index contributed by atoms with van der Waals surface area (Å²) in [4.78, 5) is 32.5. The zero-order valence-corrected chi connectivity index (χ0v) is 12.8. The smallest absolute Gasteiger partial charge is 0.279 e. The molecule has 0 aliphatic carbocycles. The van der Waals surface area contributed by atoms with E-state index in [0.717, 1.165) is 17.7 Å². The molecule has 2 rings (SSSR count). The zero-order valence-electron chi connectivity index (χ0n) is 12.8. The van der Waals surface area contributed by atoms with Crippen LogP contribution in [0.2, 0.25) is 0 Å². The van der Waals surface area contributed by atoms with Gasteiger partial charge in [-0.05, 0) is 18.6 Å². The molecule has 0 aliphatic rings. The second-order valence-corrected chi connectivity index (χ2v) is 5.20. The average molecular weight is 329 g/mol. The Bertz CT molecular complexity index is 777. The summed E-state index contributed by atoms with van der Waals surface area (Å²) in [5, 5.41) is 24.5. The van der Waals surface area contributed by atoms with Crippen LogP contribution in [-0.4, -0.2) is 15.8 Å². The van der Waals surface area contributed by atoms with Gasteiger partial charge < -0.3 is 5.32 Å². The molecule has 0 saturated heterocycles. The quantitative estimate of drug-likeness (QED) is 0.646. The molecule has 1 N–H and O–H groups in total. The summed E-state index contributed by atoms with van der Waals surface area (Å²) in [7, 11) is 0. The summed E-state index contributed by atoms with van der Waals surface area (Å²) in [6, 6.07) is 12.3. The number of amides is 1. The van der Waals surface area contributed by atoms with Gasteiger partial charge in [-0.25, -0.2) is 0 Å². The molecule has 8 heteroatoms. The minimum atomic E-state index is -0.726. The Morgan fingerprint density at radius 1 is 1.08 bits per heavy atom. The van der Waals surface area contributed by atoms with Crippen LogP contribution in [-0.2, 0) is 11.2 Å². The van der Waals surface area contributed by atoms with E-state index in [1.165, 1.54) is 6.07 Å². The molecule has 24 heavy (non-hydrogen) atoms. The number of nitro groups is 2. The van der Waals surface area contributed by atoms with Crippen molar-refractivity contribution in [1.29, 1.82) is 0 Å². The van der Waals surface area contributed by atoms with E-state index in [0.29, 0.717) is 0 Å². The van der Waals surface area contributed by atoms with Crippen molar-refractivity contribution >= 4 is 17.3 Å². The van der Waals surface area contributed by atoms with E-state index in [4.69, 9.17) is 0 Å². The minimum absolute atomic E-state index is 0.128. The van der Waals surface area contributed by atoms with E-state index in [1.807, 2.05) is 30.3 Å². The molecule has 124 valence electrons. The summed E-state index contributed by atoms with van der Waals surface area (Å²) < 4.78 is 0. The molecule has 2 aromatic carbocycles.